The number of hydrogen-bond acceptors (Lipinski definition) is 5. The second-order valence-electron chi connectivity index (χ2n) is 3.30. The average molecular weight is 216 g/mol. The number of hydrogen-bond donors (Lipinski definition) is 0. The van der Waals surface area contributed by atoms with Gasteiger partial charge in [-0.1, -0.05) is 13.8 Å². The molecule has 0 aromatic rings. The predicted octanol–water partition coefficient (Wildman–Crippen LogP) is 0.660. The van der Waals surface area contributed by atoms with Crippen LogP contribution >= 0.6 is 0 Å². The maximum Gasteiger partial charge on any atom is 0.305 e. The number of ether oxygens (including phenoxy) is 3. The number of carbonyl (C=O) groups is 2. The molecule has 0 amide bonds. The highest BCUT2D eigenvalue weighted by atomic mass is 16.6. The van der Waals surface area contributed by atoms with Crippen molar-refractivity contribution < 1.29 is 23.8 Å². The lowest BCUT2D eigenvalue weighted by Crippen LogP contribution is -2.33. The first-order valence-corrected chi connectivity index (χ1v) is 5.14. The predicted molar refractivity (Wildman–Crippen MR) is 51.2 cm³/mol. The molecule has 0 aliphatic carbocycles. The average Bonchev–Trinajstić information content (AvgIpc) is 2.65. The van der Waals surface area contributed by atoms with Crippen molar-refractivity contribution in [1.82, 2.24) is 0 Å². The van der Waals surface area contributed by atoms with Crippen molar-refractivity contribution in [2.75, 3.05) is 13.2 Å². The van der Waals surface area contributed by atoms with Gasteiger partial charge in [-0.15, -0.1) is 0 Å². The molecule has 86 valence electrons. The second kappa shape index (κ2) is 5.70. The summed E-state index contributed by atoms with van der Waals surface area (Å²) in [5, 5.41) is 0. The molecule has 1 fully saturated rings. The van der Waals surface area contributed by atoms with E-state index in [4.69, 9.17) is 14.2 Å². The molecule has 0 spiro atoms. The number of rotatable bonds is 4. The summed E-state index contributed by atoms with van der Waals surface area (Å²) in [6, 6.07) is 0. The fraction of sp³-hybridized carbons (Fsp3) is 0.800. The van der Waals surface area contributed by atoms with E-state index in [0.29, 0.717) is 26.1 Å². The zero-order valence-corrected chi connectivity index (χ0v) is 9.02. The standard InChI is InChI=1S/C10H16O5/c1-3-9(11)14-7-5-13-6-8(7)15-10(12)4-2/h7-8H,3-6H2,1-2H3. The van der Waals surface area contributed by atoms with Crippen molar-refractivity contribution in [3.63, 3.8) is 0 Å². The summed E-state index contributed by atoms with van der Waals surface area (Å²) in [6.45, 7) is 4.03. The molecule has 1 aliphatic heterocycles. The number of esters is 2. The van der Waals surface area contributed by atoms with Gasteiger partial charge >= 0.3 is 11.9 Å². The Morgan fingerprint density at radius 1 is 1.07 bits per heavy atom. The first kappa shape index (κ1) is 12.0. The van der Waals surface area contributed by atoms with Crippen LogP contribution in [0.2, 0.25) is 0 Å². The fourth-order valence-corrected chi connectivity index (χ4v) is 1.24. The zero-order chi connectivity index (χ0) is 11.3. The first-order valence-electron chi connectivity index (χ1n) is 5.14. The van der Waals surface area contributed by atoms with Crippen LogP contribution in [-0.2, 0) is 23.8 Å². The summed E-state index contributed by atoms with van der Waals surface area (Å²) in [5.74, 6) is -0.605. The second-order valence-corrected chi connectivity index (χ2v) is 3.30. The van der Waals surface area contributed by atoms with Crippen LogP contribution in [0.4, 0.5) is 0 Å². The van der Waals surface area contributed by atoms with Gasteiger partial charge in [-0.3, -0.25) is 9.59 Å². The highest BCUT2D eigenvalue weighted by molar-refractivity contribution is 5.70. The van der Waals surface area contributed by atoms with Crippen LogP contribution in [0.15, 0.2) is 0 Å². The molecule has 2 unspecified atom stereocenters. The van der Waals surface area contributed by atoms with Gasteiger partial charge < -0.3 is 14.2 Å². The van der Waals surface area contributed by atoms with Gasteiger partial charge in [0, 0.05) is 12.8 Å². The van der Waals surface area contributed by atoms with E-state index in [1.54, 1.807) is 13.8 Å². The van der Waals surface area contributed by atoms with Crippen molar-refractivity contribution in [2.45, 2.75) is 38.9 Å². The SMILES string of the molecule is CCC(=O)OC1COCC1OC(=O)CC. The van der Waals surface area contributed by atoms with E-state index in [1.807, 2.05) is 0 Å². The molecule has 15 heavy (non-hydrogen) atoms. The summed E-state index contributed by atoms with van der Waals surface area (Å²) in [7, 11) is 0. The van der Waals surface area contributed by atoms with Gasteiger partial charge in [-0.2, -0.15) is 0 Å². The van der Waals surface area contributed by atoms with Crippen LogP contribution in [-0.4, -0.2) is 37.4 Å². The fourth-order valence-electron chi connectivity index (χ4n) is 1.24. The third-order valence-corrected chi connectivity index (χ3v) is 2.12. The van der Waals surface area contributed by atoms with Gasteiger partial charge in [0.25, 0.3) is 0 Å². The largest absolute Gasteiger partial charge is 0.456 e. The van der Waals surface area contributed by atoms with Gasteiger partial charge in [-0.05, 0) is 0 Å². The minimum atomic E-state index is -0.451. The third kappa shape index (κ3) is 3.51. The van der Waals surface area contributed by atoms with Gasteiger partial charge in [-0.25, -0.2) is 0 Å². The van der Waals surface area contributed by atoms with Crippen molar-refractivity contribution >= 4 is 11.9 Å². The van der Waals surface area contributed by atoms with Crippen LogP contribution in [0, 0.1) is 0 Å². The molecular formula is C10H16O5. The molecule has 0 N–H and O–H groups in total. The molecular weight excluding hydrogens is 200 g/mol. The monoisotopic (exact) mass is 216 g/mol. The first-order chi connectivity index (χ1) is 7.17. The zero-order valence-electron chi connectivity index (χ0n) is 9.02. The van der Waals surface area contributed by atoms with E-state index in [-0.39, 0.29) is 11.9 Å². The van der Waals surface area contributed by atoms with Crippen LogP contribution in [0.1, 0.15) is 26.7 Å². The Bertz CT molecular complexity index is 214. The molecule has 1 saturated heterocycles. The highest BCUT2D eigenvalue weighted by Crippen LogP contribution is 2.14. The quantitative estimate of drug-likeness (QED) is 0.646. The van der Waals surface area contributed by atoms with Gasteiger partial charge in [0.1, 0.15) is 0 Å². The maximum atomic E-state index is 11.1. The van der Waals surface area contributed by atoms with Crippen LogP contribution < -0.4 is 0 Å². The van der Waals surface area contributed by atoms with Crippen molar-refractivity contribution in [3.8, 4) is 0 Å². The lowest BCUT2D eigenvalue weighted by atomic mass is 10.2. The minimum Gasteiger partial charge on any atom is -0.456 e. The smallest absolute Gasteiger partial charge is 0.305 e. The molecule has 0 aromatic heterocycles. The van der Waals surface area contributed by atoms with E-state index in [2.05, 4.69) is 0 Å². The van der Waals surface area contributed by atoms with Gasteiger partial charge in [0.05, 0.1) is 13.2 Å². The van der Waals surface area contributed by atoms with E-state index >= 15 is 0 Å². The molecule has 1 aliphatic rings. The summed E-state index contributed by atoms with van der Waals surface area (Å²) in [6.07, 6.45) is -0.281. The summed E-state index contributed by atoms with van der Waals surface area (Å²) < 4.78 is 15.3. The van der Waals surface area contributed by atoms with Gasteiger partial charge in [0.2, 0.25) is 0 Å². The lowest BCUT2D eigenvalue weighted by Gasteiger charge is -2.17. The van der Waals surface area contributed by atoms with Gasteiger partial charge in [0.15, 0.2) is 12.2 Å². The maximum absolute atomic E-state index is 11.1. The van der Waals surface area contributed by atoms with Crippen LogP contribution in [0.3, 0.4) is 0 Å². The molecule has 5 nitrogen and oxygen atoms in total. The molecule has 0 radical (unpaired) electrons. The topological polar surface area (TPSA) is 61.8 Å². The van der Waals surface area contributed by atoms with Crippen molar-refractivity contribution in [3.05, 3.63) is 0 Å². The Kier molecular flexibility index (Phi) is 4.55. The van der Waals surface area contributed by atoms with E-state index < -0.39 is 12.2 Å². The van der Waals surface area contributed by atoms with E-state index in [0.717, 1.165) is 0 Å². The third-order valence-electron chi connectivity index (χ3n) is 2.12. The molecule has 0 saturated carbocycles. The Morgan fingerprint density at radius 3 is 1.80 bits per heavy atom. The Morgan fingerprint density at radius 2 is 1.47 bits per heavy atom. The molecule has 1 heterocycles. The Balaban J connectivity index is 2.42. The molecule has 0 bridgehead atoms. The van der Waals surface area contributed by atoms with Crippen LogP contribution in [0.5, 0.6) is 0 Å². The van der Waals surface area contributed by atoms with Crippen molar-refractivity contribution in [1.29, 1.82) is 0 Å². The highest BCUT2D eigenvalue weighted by Gasteiger charge is 2.33. The molecule has 5 heteroatoms. The molecule has 1 rings (SSSR count). The summed E-state index contributed by atoms with van der Waals surface area (Å²) >= 11 is 0. The Hall–Kier alpha value is -1.10. The van der Waals surface area contributed by atoms with Crippen LogP contribution in [0.25, 0.3) is 0 Å². The van der Waals surface area contributed by atoms with E-state index in [9.17, 15) is 9.59 Å². The van der Waals surface area contributed by atoms with Crippen molar-refractivity contribution in [2.24, 2.45) is 0 Å². The summed E-state index contributed by atoms with van der Waals surface area (Å²) in [4.78, 5) is 22.1. The minimum absolute atomic E-state index is 0.299. The van der Waals surface area contributed by atoms with E-state index in [1.165, 1.54) is 0 Å². The Labute approximate surface area is 88.7 Å². The molecule has 0 aromatic carbocycles. The molecule has 2 atom stereocenters. The summed E-state index contributed by atoms with van der Waals surface area (Å²) in [5.41, 5.74) is 0. The normalized spacial score (nSPS) is 24.9. The number of carbonyl (C=O) groups excluding carboxylic acids is 2. The lowest BCUT2D eigenvalue weighted by molar-refractivity contribution is -0.163.